The zero-order chi connectivity index (χ0) is 14.9. The van der Waals surface area contributed by atoms with E-state index in [1.807, 2.05) is 7.05 Å². The number of nitrogen functional groups attached to an aromatic ring is 1. The molecule has 0 saturated carbocycles. The standard InChI is InChI=1S/C14H20ClN3O2/c1-17-5-4-9(8-17)18(2)14(19)10-6-11(15)12(16)7-13(10)20-3/h6-7,9H,4-5,8,16H2,1-3H3. The summed E-state index contributed by atoms with van der Waals surface area (Å²) < 4.78 is 5.24. The zero-order valence-corrected chi connectivity index (χ0v) is 12.8. The van der Waals surface area contributed by atoms with Gasteiger partial charge in [0.05, 0.1) is 23.4 Å². The lowest BCUT2D eigenvalue weighted by Gasteiger charge is -2.25. The van der Waals surface area contributed by atoms with E-state index in [2.05, 4.69) is 11.9 Å². The lowest BCUT2D eigenvalue weighted by atomic mass is 10.1. The van der Waals surface area contributed by atoms with Crippen LogP contribution in [0.25, 0.3) is 0 Å². The molecule has 1 fully saturated rings. The van der Waals surface area contributed by atoms with Gasteiger partial charge < -0.3 is 20.3 Å². The number of likely N-dealkylation sites (N-methyl/N-ethyl adjacent to an activating group) is 2. The summed E-state index contributed by atoms with van der Waals surface area (Å²) in [5.41, 5.74) is 6.59. The maximum absolute atomic E-state index is 12.6. The van der Waals surface area contributed by atoms with Gasteiger partial charge in [-0.05, 0) is 26.1 Å². The molecule has 1 amide bonds. The van der Waals surface area contributed by atoms with Gasteiger partial charge in [0.2, 0.25) is 0 Å². The predicted octanol–water partition coefficient (Wildman–Crippen LogP) is 1.71. The van der Waals surface area contributed by atoms with Crippen LogP contribution >= 0.6 is 11.6 Å². The number of rotatable bonds is 3. The Hall–Kier alpha value is -1.46. The number of hydrogen-bond acceptors (Lipinski definition) is 4. The van der Waals surface area contributed by atoms with Crippen LogP contribution in [0.15, 0.2) is 12.1 Å². The van der Waals surface area contributed by atoms with Gasteiger partial charge in [-0.25, -0.2) is 0 Å². The highest BCUT2D eigenvalue weighted by Crippen LogP contribution is 2.30. The topological polar surface area (TPSA) is 58.8 Å². The summed E-state index contributed by atoms with van der Waals surface area (Å²) in [7, 11) is 5.39. The lowest BCUT2D eigenvalue weighted by molar-refractivity contribution is 0.0734. The van der Waals surface area contributed by atoms with Crippen molar-refractivity contribution in [2.24, 2.45) is 0 Å². The average molecular weight is 298 g/mol. The van der Waals surface area contributed by atoms with Crippen LogP contribution < -0.4 is 10.5 Å². The number of likely N-dealkylation sites (tertiary alicyclic amines) is 1. The average Bonchev–Trinajstić information content (AvgIpc) is 2.86. The number of methoxy groups -OCH3 is 1. The first-order valence-electron chi connectivity index (χ1n) is 6.52. The SMILES string of the molecule is COc1cc(N)c(Cl)cc1C(=O)N(C)C1CCN(C)C1. The summed E-state index contributed by atoms with van der Waals surface area (Å²) >= 11 is 6.01. The Bertz CT molecular complexity index is 521. The quantitative estimate of drug-likeness (QED) is 0.863. The monoisotopic (exact) mass is 297 g/mol. The highest BCUT2D eigenvalue weighted by molar-refractivity contribution is 6.33. The van der Waals surface area contributed by atoms with Gasteiger partial charge >= 0.3 is 0 Å². The third kappa shape index (κ3) is 2.83. The van der Waals surface area contributed by atoms with Crippen molar-refractivity contribution >= 4 is 23.2 Å². The minimum atomic E-state index is -0.0935. The van der Waals surface area contributed by atoms with Gasteiger partial charge in [0.15, 0.2) is 0 Å². The second-order valence-corrected chi connectivity index (χ2v) is 5.60. The van der Waals surface area contributed by atoms with Crippen LogP contribution in [0.5, 0.6) is 5.75 Å². The smallest absolute Gasteiger partial charge is 0.257 e. The van der Waals surface area contributed by atoms with Gasteiger partial charge in [-0.15, -0.1) is 0 Å². The largest absolute Gasteiger partial charge is 0.496 e. The Morgan fingerprint density at radius 1 is 1.55 bits per heavy atom. The van der Waals surface area contributed by atoms with Crippen molar-refractivity contribution in [3.8, 4) is 5.75 Å². The molecule has 110 valence electrons. The van der Waals surface area contributed by atoms with Crippen molar-refractivity contribution < 1.29 is 9.53 Å². The number of anilines is 1. The lowest BCUT2D eigenvalue weighted by Crippen LogP contribution is -2.38. The van der Waals surface area contributed by atoms with Crippen molar-refractivity contribution in [2.45, 2.75) is 12.5 Å². The molecule has 1 atom stereocenters. The molecule has 1 heterocycles. The van der Waals surface area contributed by atoms with E-state index in [-0.39, 0.29) is 11.9 Å². The number of halogens is 1. The molecule has 1 aliphatic heterocycles. The van der Waals surface area contributed by atoms with E-state index in [4.69, 9.17) is 22.1 Å². The Labute approximate surface area is 124 Å². The fourth-order valence-electron chi connectivity index (χ4n) is 2.49. The molecule has 0 bridgehead atoms. The first-order valence-corrected chi connectivity index (χ1v) is 6.90. The number of amides is 1. The fraction of sp³-hybridized carbons (Fsp3) is 0.500. The Morgan fingerprint density at radius 2 is 2.25 bits per heavy atom. The zero-order valence-electron chi connectivity index (χ0n) is 12.0. The van der Waals surface area contributed by atoms with Crippen LogP contribution in [-0.4, -0.2) is 56.0 Å². The van der Waals surface area contributed by atoms with Crippen LogP contribution in [0.3, 0.4) is 0 Å². The first kappa shape index (κ1) is 14.9. The number of carbonyl (C=O) groups excluding carboxylic acids is 1. The van der Waals surface area contributed by atoms with Crippen LogP contribution in [0.2, 0.25) is 5.02 Å². The normalized spacial score (nSPS) is 19.1. The second-order valence-electron chi connectivity index (χ2n) is 5.19. The van der Waals surface area contributed by atoms with Gasteiger partial charge in [-0.2, -0.15) is 0 Å². The minimum absolute atomic E-state index is 0.0935. The first-order chi connectivity index (χ1) is 9.43. The van der Waals surface area contributed by atoms with Crippen molar-refractivity contribution in [1.82, 2.24) is 9.80 Å². The summed E-state index contributed by atoms with van der Waals surface area (Å²) in [6.07, 6.45) is 0.976. The van der Waals surface area contributed by atoms with Crippen molar-refractivity contribution in [1.29, 1.82) is 0 Å². The highest BCUT2D eigenvalue weighted by Gasteiger charge is 2.28. The summed E-state index contributed by atoms with van der Waals surface area (Å²) in [6.45, 7) is 1.88. The molecule has 1 aromatic rings. The molecule has 1 saturated heterocycles. The Kier molecular flexibility index (Phi) is 4.40. The molecule has 1 unspecified atom stereocenters. The van der Waals surface area contributed by atoms with Gasteiger partial charge in [0, 0.05) is 25.7 Å². The number of nitrogens with two attached hydrogens (primary N) is 1. The maximum atomic E-state index is 12.6. The van der Waals surface area contributed by atoms with Gasteiger partial charge in [0.1, 0.15) is 5.75 Å². The number of carbonyl (C=O) groups is 1. The van der Waals surface area contributed by atoms with Gasteiger partial charge in [-0.3, -0.25) is 4.79 Å². The number of hydrogen-bond donors (Lipinski definition) is 1. The van der Waals surface area contributed by atoms with Crippen LogP contribution in [0, 0.1) is 0 Å². The molecule has 2 N–H and O–H groups in total. The van der Waals surface area contributed by atoms with Crippen LogP contribution in [0.4, 0.5) is 5.69 Å². The summed E-state index contributed by atoms with van der Waals surface area (Å²) in [6, 6.07) is 3.38. The molecule has 0 radical (unpaired) electrons. The molecular formula is C14H20ClN3O2. The third-order valence-corrected chi connectivity index (χ3v) is 4.11. The van der Waals surface area contributed by atoms with E-state index in [1.54, 1.807) is 17.0 Å². The summed E-state index contributed by atoms with van der Waals surface area (Å²) in [4.78, 5) is 16.6. The summed E-state index contributed by atoms with van der Waals surface area (Å²) in [5, 5.41) is 0.367. The maximum Gasteiger partial charge on any atom is 0.257 e. The van der Waals surface area contributed by atoms with E-state index in [1.165, 1.54) is 7.11 Å². The number of benzene rings is 1. The number of nitrogens with zero attached hydrogens (tertiary/aromatic N) is 2. The van der Waals surface area contributed by atoms with Crippen molar-refractivity contribution in [3.63, 3.8) is 0 Å². The molecular weight excluding hydrogens is 278 g/mol. The molecule has 0 aromatic heterocycles. The van der Waals surface area contributed by atoms with Crippen LogP contribution in [0.1, 0.15) is 16.8 Å². The third-order valence-electron chi connectivity index (χ3n) is 3.78. The molecule has 1 aromatic carbocycles. The molecule has 0 spiro atoms. The van der Waals surface area contributed by atoms with Crippen molar-refractivity contribution in [2.75, 3.05) is 40.0 Å². The second kappa shape index (κ2) is 5.89. The molecule has 2 rings (SSSR count). The van der Waals surface area contributed by atoms with Gasteiger partial charge in [-0.1, -0.05) is 11.6 Å². The molecule has 20 heavy (non-hydrogen) atoms. The predicted molar refractivity (Wildman–Crippen MR) is 80.4 cm³/mol. The molecule has 1 aliphatic rings. The highest BCUT2D eigenvalue weighted by atomic mass is 35.5. The van der Waals surface area contributed by atoms with E-state index >= 15 is 0 Å². The van der Waals surface area contributed by atoms with E-state index in [0.29, 0.717) is 22.0 Å². The van der Waals surface area contributed by atoms with Crippen molar-refractivity contribution in [3.05, 3.63) is 22.7 Å². The molecule has 5 nitrogen and oxygen atoms in total. The van der Waals surface area contributed by atoms with Gasteiger partial charge in [0.25, 0.3) is 5.91 Å². The minimum Gasteiger partial charge on any atom is -0.496 e. The molecule has 0 aliphatic carbocycles. The summed E-state index contributed by atoms with van der Waals surface area (Å²) in [5.74, 6) is 0.360. The Morgan fingerprint density at radius 3 is 2.80 bits per heavy atom. The van der Waals surface area contributed by atoms with E-state index in [9.17, 15) is 4.79 Å². The number of ether oxygens (including phenoxy) is 1. The fourth-order valence-corrected chi connectivity index (χ4v) is 2.65. The molecule has 6 heteroatoms. The Balaban J connectivity index is 2.26. The van der Waals surface area contributed by atoms with Crippen LogP contribution in [-0.2, 0) is 0 Å². The van der Waals surface area contributed by atoms with E-state index < -0.39 is 0 Å². The van der Waals surface area contributed by atoms with E-state index in [0.717, 1.165) is 19.5 Å².